The van der Waals surface area contributed by atoms with Crippen LogP contribution in [-0.4, -0.2) is 35.4 Å². The van der Waals surface area contributed by atoms with Crippen LogP contribution in [0.3, 0.4) is 0 Å². The summed E-state index contributed by atoms with van der Waals surface area (Å²) in [7, 11) is 0. The van der Waals surface area contributed by atoms with Crippen molar-refractivity contribution in [3.63, 3.8) is 0 Å². The van der Waals surface area contributed by atoms with Gasteiger partial charge in [0, 0.05) is 12.6 Å². The molecule has 0 aromatic carbocycles. The van der Waals surface area contributed by atoms with Crippen molar-refractivity contribution in [2.24, 2.45) is 0 Å². The summed E-state index contributed by atoms with van der Waals surface area (Å²) in [5, 5.41) is 24.3. The van der Waals surface area contributed by atoms with Crippen LogP contribution in [0.4, 0.5) is 4.79 Å². The van der Waals surface area contributed by atoms with E-state index in [4.69, 9.17) is 9.52 Å². The largest absolute Gasteiger partial charge is 0.463 e. The number of hydrogen-bond acceptors (Lipinski definition) is 4. The summed E-state index contributed by atoms with van der Waals surface area (Å²) < 4.78 is 5.37. The van der Waals surface area contributed by atoms with Crippen molar-refractivity contribution in [2.45, 2.75) is 45.3 Å². The van der Waals surface area contributed by atoms with E-state index < -0.39 is 5.60 Å². The number of amides is 2. The Morgan fingerprint density at radius 3 is 2.75 bits per heavy atom. The summed E-state index contributed by atoms with van der Waals surface area (Å²) in [4.78, 5) is 11.7. The molecule has 0 saturated carbocycles. The smallest absolute Gasteiger partial charge is 0.315 e. The normalized spacial score (nSPS) is 15.4. The van der Waals surface area contributed by atoms with Gasteiger partial charge in [0.15, 0.2) is 0 Å². The Balaban J connectivity index is 2.40. The maximum atomic E-state index is 11.7. The molecule has 114 valence electrons. The molecule has 2 amide bonds. The van der Waals surface area contributed by atoms with E-state index in [9.17, 15) is 9.90 Å². The number of aliphatic hydroxyl groups excluding tert-OH is 1. The molecule has 0 aliphatic heterocycles. The molecule has 0 aliphatic carbocycles. The van der Waals surface area contributed by atoms with Crippen molar-refractivity contribution in [3.8, 4) is 0 Å². The molecular weight excluding hydrogens is 260 g/mol. The molecule has 1 rings (SSSR count). The molecule has 2 unspecified atom stereocenters. The number of aryl methyl sites for hydroxylation is 1. The average molecular weight is 284 g/mol. The molecule has 0 aliphatic rings. The quantitative estimate of drug-likeness (QED) is 0.606. The topological polar surface area (TPSA) is 94.7 Å². The zero-order valence-electron chi connectivity index (χ0n) is 12.3. The first kappa shape index (κ1) is 16.5. The first-order chi connectivity index (χ1) is 9.35. The molecule has 6 heteroatoms. The van der Waals surface area contributed by atoms with Crippen molar-refractivity contribution >= 4 is 6.03 Å². The highest BCUT2D eigenvalue weighted by molar-refractivity contribution is 5.74. The van der Waals surface area contributed by atoms with Gasteiger partial charge in [-0.2, -0.15) is 0 Å². The van der Waals surface area contributed by atoms with Crippen LogP contribution < -0.4 is 10.6 Å². The van der Waals surface area contributed by atoms with E-state index in [2.05, 4.69) is 10.6 Å². The van der Waals surface area contributed by atoms with Crippen LogP contribution in [0.25, 0.3) is 0 Å². The van der Waals surface area contributed by atoms with Gasteiger partial charge in [0.05, 0.1) is 6.54 Å². The third-order valence-corrected chi connectivity index (χ3v) is 3.04. The van der Waals surface area contributed by atoms with Crippen LogP contribution in [0.15, 0.2) is 16.5 Å². The van der Waals surface area contributed by atoms with Crippen molar-refractivity contribution in [1.29, 1.82) is 0 Å². The molecule has 1 aromatic heterocycles. The lowest BCUT2D eigenvalue weighted by Gasteiger charge is -2.22. The lowest BCUT2D eigenvalue weighted by atomic mass is 10.0. The van der Waals surface area contributed by atoms with Crippen molar-refractivity contribution in [2.75, 3.05) is 13.2 Å². The molecule has 6 nitrogen and oxygen atoms in total. The first-order valence-electron chi connectivity index (χ1n) is 6.79. The van der Waals surface area contributed by atoms with Crippen LogP contribution in [0.5, 0.6) is 0 Å². The Morgan fingerprint density at radius 1 is 1.50 bits per heavy atom. The lowest BCUT2D eigenvalue weighted by Crippen LogP contribution is -2.46. The van der Waals surface area contributed by atoms with Gasteiger partial charge in [0.2, 0.25) is 0 Å². The van der Waals surface area contributed by atoms with Gasteiger partial charge in [-0.15, -0.1) is 0 Å². The highest BCUT2D eigenvalue weighted by Gasteiger charge is 2.27. The Morgan fingerprint density at radius 2 is 2.20 bits per heavy atom. The molecule has 0 bridgehead atoms. The fourth-order valence-electron chi connectivity index (χ4n) is 1.81. The standard InChI is InChI=1S/C14H24N2O4/c1-10(5-4-8-17)16-13(18)15-9-14(3,19)12-7-6-11(2)20-12/h6-7,10,17,19H,4-5,8-9H2,1-3H3,(H2,15,16,18). The van der Waals surface area contributed by atoms with E-state index >= 15 is 0 Å². The van der Waals surface area contributed by atoms with Gasteiger partial charge in [-0.05, 0) is 45.7 Å². The predicted octanol–water partition coefficient (Wildman–Crippen LogP) is 1.26. The average Bonchev–Trinajstić information content (AvgIpc) is 2.81. The van der Waals surface area contributed by atoms with E-state index in [1.807, 2.05) is 6.92 Å². The summed E-state index contributed by atoms with van der Waals surface area (Å²) in [6.45, 7) is 5.41. The zero-order chi connectivity index (χ0) is 15.2. The molecule has 0 saturated heterocycles. The molecule has 1 aromatic rings. The lowest BCUT2D eigenvalue weighted by molar-refractivity contribution is 0.0359. The molecule has 0 radical (unpaired) electrons. The monoisotopic (exact) mass is 284 g/mol. The van der Waals surface area contributed by atoms with E-state index in [0.717, 1.165) is 0 Å². The summed E-state index contributed by atoms with van der Waals surface area (Å²) in [5.74, 6) is 1.13. The maximum absolute atomic E-state index is 11.7. The molecule has 0 fully saturated rings. The second-order valence-corrected chi connectivity index (χ2v) is 5.28. The molecule has 20 heavy (non-hydrogen) atoms. The zero-order valence-corrected chi connectivity index (χ0v) is 12.3. The van der Waals surface area contributed by atoms with Crippen LogP contribution in [-0.2, 0) is 5.60 Å². The van der Waals surface area contributed by atoms with E-state index in [0.29, 0.717) is 24.4 Å². The van der Waals surface area contributed by atoms with Crippen molar-refractivity contribution < 1.29 is 19.4 Å². The number of furan rings is 1. The fourth-order valence-corrected chi connectivity index (χ4v) is 1.81. The van der Waals surface area contributed by atoms with E-state index in [1.54, 1.807) is 26.0 Å². The number of hydrogen-bond donors (Lipinski definition) is 4. The van der Waals surface area contributed by atoms with Gasteiger partial charge in [-0.3, -0.25) is 0 Å². The molecular formula is C14H24N2O4. The minimum atomic E-state index is -1.25. The summed E-state index contributed by atoms with van der Waals surface area (Å²) in [5.41, 5.74) is -1.25. The molecule has 4 N–H and O–H groups in total. The van der Waals surface area contributed by atoms with Gasteiger partial charge < -0.3 is 25.3 Å². The number of carbonyl (C=O) groups excluding carboxylic acids is 1. The summed E-state index contributed by atoms with van der Waals surface area (Å²) in [6, 6.07) is 3.08. The fraction of sp³-hybridized carbons (Fsp3) is 0.643. The Labute approximate surface area is 119 Å². The number of urea groups is 1. The van der Waals surface area contributed by atoms with Crippen molar-refractivity contribution in [1.82, 2.24) is 10.6 Å². The molecule has 1 heterocycles. The number of nitrogens with one attached hydrogen (secondary N) is 2. The Hall–Kier alpha value is -1.53. The van der Waals surface area contributed by atoms with Gasteiger partial charge in [0.25, 0.3) is 0 Å². The highest BCUT2D eigenvalue weighted by atomic mass is 16.4. The minimum absolute atomic E-state index is 0.0297. The third-order valence-electron chi connectivity index (χ3n) is 3.04. The Bertz CT molecular complexity index is 429. The van der Waals surface area contributed by atoms with E-state index in [1.165, 1.54) is 0 Å². The second kappa shape index (κ2) is 7.31. The predicted molar refractivity (Wildman–Crippen MR) is 75.3 cm³/mol. The maximum Gasteiger partial charge on any atom is 0.315 e. The van der Waals surface area contributed by atoms with Gasteiger partial charge >= 0.3 is 6.03 Å². The van der Waals surface area contributed by atoms with E-state index in [-0.39, 0.29) is 25.2 Å². The number of carbonyl (C=O) groups is 1. The van der Waals surface area contributed by atoms with Crippen molar-refractivity contribution in [3.05, 3.63) is 23.7 Å². The number of rotatable bonds is 7. The SMILES string of the molecule is Cc1ccc(C(C)(O)CNC(=O)NC(C)CCCO)o1. The third kappa shape index (κ3) is 5.22. The Kier molecular flexibility index (Phi) is 6.04. The van der Waals surface area contributed by atoms with Gasteiger partial charge in [-0.1, -0.05) is 0 Å². The molecule has 2 atom stereocenters. The minimum Gasteiger partial charge on any atom is -0.463 e. The highest BCUT2D eigenvalue weighted by Crippen LogP contribution is 2.21. The first-order valence-corrected chi connectivity index (χ1v) is 6.79. The summed E-state index contributed by atoms with van der Waals surface area (Å²) >= 11 is 0. The number of aliphatic hydroxyl groups is 2. The summed E-state index contributed by atoms with van der Waals surface area (Å²) in [6.07, 6.45) is 1.35. The van der Waals surface area contributed by atoms with Gasteiger partial charge in [0.1, 0.15) is 17.1 Å². The van der Waals surface area contributed by atoms with Crippen LogP contribution >= 0.6 is 0 Å². The van der Waals surface area contributed by atoms with Gasteiger partial charge in [-0.25, -0.2) is 4.79 Å². The van der Waals surface area contributed by atoms with Crippen LogP contribution in [0.1, 0.15) is 38.2 Å². The van der Waals surface area contributed by atoms with Crippen LogP contribution in [0.2, 0.25) is 0 Å². The van der Waals surface area contributed by atoms with Crippen LogP contribution in [0, 0.1) is 6.92 Å². The second-order valence-electron chi connectivity index (χ2n) is 5.28. The molecule has 0 spiro atoms.